The molecule has 0 heterocycles. The molecule has 0 N–H and O–H groups in total. The number of hydrogen-bond acceptors (Lipinski definition) is 3. The van der Waals surface area contributed by atoms with E-state index >= 15 is 0 Å². The van der Waals surface area contributed by atoms with Gasteiger partial charge in [-0.3, -0.25) is 0 Å². The molecule has 0 atom stereocenters. The molecular formula is C8H15O3S. The Labute approximate surface area is 78.8 Å². The summed E-state index contributed by atoms with van der Waals surface area (Å²) in [5, 5.41) is -0.660. The molecule has 3 nitrogen and oxygen atoms in total. The van der Waals surface area contributed by atoms with Gasteiger partial charge in [-0.15, -0.1) is 0 Å². The van der Waals surface area contributed by atoms with Crippen LogP contribution in [-0.2, 0) is 9.47 Å². The van der Waals surface area contributed by atoms with E-state index in [1.54, 1.807) is 0 Å². The molecule has 0 aliphatic rings. The third-order valence-corrected chi connectivity index (χ3v) is 1.46. The number of carbonyl (C=O) groups excluding carboxylic acids is 1. The van der Waals surface area contributed by atoms with Gasteiger partial charge in [-0.25, -0.2) is 4.79 Å². The first-order valence-corrected chi connectivity index (χ1v) is 4.59. The van der Waals surface area contributed by atoms with E-state index in [2.05, 4.69) is 24.3 Å². The molecule has 0 rings (SSSR count). The van der Waals surface area contributed by atoms with Crippen LogP contribution in [0, 0.1) is 0 Å². The molecule has 0 aromatic carbocycles. The maximum atomic E-state index is 10.1. The minimum Gasteiger partial charge on any atom is -0.452 e. The van der Waals surface area contributed by atoms with Crippen molar-refractivity contribution >= 4 is 17.9 Å². The number of hydrogen-bond donors (Lipinski definition) is 0. The van der Waals surface area contributed by atoms with Gasteiger partial charge in [0.25, 0.3) is 0 Å². The van der Waals surface area contributed by atoms with Gasteiger partial charge in [0.15, 0.2) is 0 Å². The minimum absolute atomic E-state index is 0.272. The molecule has 0 unspecified atom stereocenters. The van der Waals surface area contributed by atoms with E-state index in [1.807, 2.05) is 0 Å². The molecule has 0 bridgehead atoms. The Balaban J connectivity index is 2.86. The molecule has 0 aromatic heterocycles. The van der Waals surface area contributed by atoms with Crippen LogP contribution in [0.1, 0.15) is 26.2 Å². The molecule has 0 aliphatic heterocycles. The number of unbranched alkanes of at least 4 members (excludes halogenated alkanes) is 2. The van der Waals surface area contributed by atoms with Gasteiger partial charge in [0.2, 0.25) is 0 Å². The van der Waals surface area contributed by atoms with Crippen LogP contribution in [0.3, 0.4) is 0 Å². The van der Waals surface area contributed by atoms with Crippen molar-refractivity contribution in [3.05, 3.63) is 0 Å². The predicted molar refractivity (Wildman–Crippen MR) is 49.3 cm³/mol. The van der Waals surface area contributed by atoms with E-state index in [4.69, 9.17) is 4.74 Å². The second kappa shape index (κ2) is 8.74. The van der Waals surface area contributed by atoms with Gasteiger partial charge in [-0.1, -0.05) is 19.8 Å². The van der Waals surface area contributed by atoms with Crippen LogP contribution in [0.25, 0.3) is 0 Å². The first-order chi connectivity index (χ1) is 5.77. The Morgan fingerprint density at radius 1 is 1.25 bits per heavy atom. The largest absolute Gasteiger partial charge is 0.452 e. The van der Waals surface area contributed by atoms with E-state index in [0.717, 1.165) is 13.0 Å². The Bertz CT molecular complexity index is 117. The standard InChI is InChI=1S/C8H15O3S/c1-2-3-4-5-10-6-7-11-8(9)12/h2-7H2,1H3. The summed E-state index contributed by atoms with van der Waals surface area (Å²) < 4.78 is 9.66. The minimum atomic E-state index is -0.660. The number of carbonyl (C=O) groups is 1. The number of ether oxygens (including phenoxy) is 2. The zero-order valence-corrected chi connectivity index (χ0v) is 8.19. The molecular weight excluding hydrogens is 176 g/mol. The third-order valence-electron chi connectivity index (χ3n) is 1.34. The van der Waals surface area contributed by atoms with E-state index in [-0.39, 0.29) is 6.61 Å². The SMILES string of the molecule is CCCCCOCCOC(=O)[S]. The van der Waals surface area contributed by atoms with Crippen LogP contribution < -0.4 is 0 Å². The first-order valence-electron chi connectivity index (χ1n) is 4.19. The van der Waals surface area contributed by atoms with Gasteiger partial charge in [0.05, 0.1) is 6.61 Å². The monoisotopic (exact) mass is 191 g/mol. The lowest BCUT2D eigenvalue weighted by Gasteiger charge is -2.02. The molecule has 0 aromatic rings. The van der Waals surface area contributed by atoms with Crippen LogP contribution in [-0.4, -0.2) is 25.1 Å². The lowest BCUT2D eigenvalue weighted by molar-refractivity contribution is 0.0808. The van der Waals surface area contributed by atoms with E-state index in [0.29, 0.717) is 6.61 Å². The highest BCUT2D eigenvalue weighted by Gasteiger charge is 1.94. The van der Waals surface area contributed by atoms with E-state index in [9.17, 15) is 4.79 Å². The molecule has 0 spiro atoms. The highest BCUT2D eigenvalue weighted by molar-refractivity contribution is 7.96. The molecule has 12 heavy (non-hydrogen) atoms. The second-order valence-electron chi connectivity index (χ2n) is 2.42. The molecule has 4 heteroatoms. The zero-order valence-electron chi connectivity index (χ0n) is 7.38. The summed E-state index contributed by atoms with van der Waals surface area (Å²) in [5.41, 5.74) is 0. The smallest absolute Gasteiger partial charge is 0.400 e. The normalized spacial score (nSPS) is 9.75. The summed E-state index contributed by atoms with van der Waals surface area (Å²) in [6.07, 6.45) is 3.43. The summed E-state index contributed by atoms with van der Waals surface area (Å²) in [6.45, 7) is 3.60. The fourth-order valence-electron chi connectivity index (χ4n) is 0.740. The molecule has 0 fully saturated rings. The summed E-state index contributed by atoms with van der Waals surface area (Å²) in [4.78, 5) is 10.1. The predicted octanol–water partition coefficient (Wildman–Crippen LogP) is 2.53. The summed E-state index contributed by atoms with van der Waals surface area (Å²) >= 11 is 4.18. The van der Waals surface area contributed by atoms with Gasteiger partial charge in [0, 0.05) is 19.2 Å². The van der Waals surface area contributed by atoms with Gasteiger partial charge in [-0.05, 0) is 6.42 Å². The van der Waals surface area contributed by atoms with Crippen molar-refractivity contribution < 1.29 is 14.3 Å². The van der Waals surface area contributed by atoms with E-state index < -0.39 is 5.30 Å². The van der Waals surface area contributed by atoms with Gasteiger partial charge < -0.3 is 9.47 Å². The van der Waals surface area contributed by atoms with Crippen molar-refractivity contribution in [3.8, 4) is 0 Å². The van der Waals surface area contributed by atoms with E-state index in [1.165, 1.54) is 12.8 Å². The second-order valence-corrected chi connectivity index (χ2v) is 2.75. The van der Waals surface area contributed by atoms with Gasteiger partial charge in [0.1, 0.15) is 6.61 Å². The fraction of sp³-hybridized carbons (Fsp3) is 0.875. The zero-order chi connectivity index (χ0) is 9.23. The average molecular weight is 191 g/mol. The molecule has 71 valence electrons. The topological polar surface area (TPSA) is 35.5 Å². The van der Waals surface area contributed by atoms with Crippen molar-refractivity contribution in [1.82, 2.24) is 0 Å². The maximum Gasteiger partial charge on any atom is 0.400 e. The maximum absolute atomic E-state index is 10.1. The number of rotatable bonds is 7. The quantitative estimate of drug-likeness (QED) is 0.458. The van der Waals surface area contributed by atoms with Crippen molar-refractivity contribution in [2.45, 2.75) is 26.2 Å². The summed E-state index contributed by atoms with van der Waals surface area (Å²) in [6, 6.07) is 0. The van der Waals surface area contributed by atoms with Crippen LogP contribution >= 0.6 is 12.6 Å². The summed E-state index contributed by atoms with van der Waals surface area (Å²) in [7, 11) is 0. The molecule has 0 saturated heterocycles. The highest BCUT2D eigenvalue weighted by Crippen LogP contribution is 1.94. The lowest BCUT2D eigenvalue weighted by atomic mass is 10.3. The molecule has 0 amide bonds. The average Bonchev–Trinajstić information content (AvgIpc) is 2.02. The molecule has 1 radical (unpaired) electrons. The molecule has 0 saturated carbocycles. The molecule has 0 aliphatic carbocycles. The van der Waals surface area contributed by atoms with Crippen molar-refractivity contribution in [2.75, 3.05) is 19.8 Å². The van der Waals surface area contributed by atoms with Crippen LogP contribution in [0.15, 0.2) is 0 Å². The third kappa shape index (κ3) is 9.65. The van der Waals surface area contributed by atoms with Crippen molar-refractivity contribution in [2.24, 2.45) is 0 Å². The summed E-state index contributed by atoms with van der Waals surface area (Å²) in [5.74, 6) is 0. The Hall–Kier alpha value is -0.350. The van der Waals surface area contributed by atoms with Crippen LogP contribution in [0.2, 0.25) is 0 Å². The Morgan fingerprint density at radius 3 is 2.58 bits per heavy atom. The van der Waals surface area contributed by atoms with Crippen molar-refractivity contribution in [3.63, 3.8) is 0 Å². The van der Waals surface area contributed by atoms with Crippen LogP contribution in [0.4, 0.5) is 4.79 Å². The van der Waals surface area contributed by atoms with Crippen molar-refractivity contribution in [1.29, 1.82) is 0 Å². The highest BCUT2D eigenvalue weighted by atomic mass is 32.1. The van der Waals surface area contributed by atoms with Crippen LogP contribution in [0.5, 0.6) is 0 Å². The first kappa shape index (κ1) is 11.6. The van der Waals surface area contributed by atoms with Gasteiger partial charge in [-0.2, -0.15) is 0 Å². The lowest BCUT2D eigenvalue weighted by Crippen LogP contribution is -2.06. The Morgan fingerprint density at radius 2 is 2.00 bits per heavy atom. The fourth-order valence-corrected chi connectivity index (χ4v) is 0.823. The van der Waals surface area contributed by atoms with Gasteiger partial charge >= 0.3 is 5.30 Å². The Kier molecular flexibility index (Phi) is 8.49.